The highest BCUT2D eigenvalue weighted by Crippen LogP contribution is 2.30. The minimum atomic E-state index is -3.78. The number of nitro benzene ring substituents is 1. The van der Waals surface area contributed by atoms with E-state index in [1.807, 2.05) is 20.9 Å². The van der Waals surface area contributed by atoms with Crippen LogP contribution in [0.1, 0.15) is 27.7 Å². The maximum Gasteiger partial charge on any atom is 0.293 e. The van der Waals surface area contributed by atoms with Crippen LogP contribution in [0.4, 0.5) is 11.4 Å². The predicted molar refractivity (Wildman–Crippen MR) is 124 cm³/mol. The third kappa shape index (κ3) is 5.57. The molecular formula is C21H35N5O5S. The molecule has 2 saturated heterocycles. The molecule has 0 spiro atoms. The van der Waals surface area contributed by atoms with Gasteiger partial charge in [-0.2, -0.15) is 4.31 Å². The van der Waals surface area contributed by atoms with E-state index in [1.165, 1.54) is 22.5 Å². The molecule has 1 aromatic rings. The van der Waals surface area contributed by atoms with E-state index >= 15 is 0 Å². The Labute approximate surface area is 190 Å². The number of nitro groups is 1. The number of sulfonamides is 1. The molecule has 2 heterocycles. The number of piperazine rings is 1. The average Bonchev–Trinajstić information content (AvgIpc) is 2.71. The Balaban J connectivity index is 1.77. The summed E-state index contributed by atoms with van der Waals surface area (Å²) >= 11 is 0. The van der Waals surface area contributed by atoms with Gasteiger partial charge in [0.2, 0.25) is 10.0 Å². The van der Waals surface area contributed by atoms with E-state index < -0.39 is 14.9 Å². The summed E-state index contributed by atoms with van der Waals surface area (Å²) in [5, 5.41) is 14.9. The Hall–Kier alpha value is -1.79. The van der Waals surface area contributed by atoms with Crippen LogP contribution < -0.4 is 5.32 Å². The van der Waals surface area contributed by atoms with Gasteiger partial charge in [0.25, 0.3) is 5.69 Å². The Morgan fingerprint density at radius 3 is 2.31 bits per heavy atom. The second-order valence-electron chi connectivity index (χ2n) is 9.47. The van der Waals surface area contributed by atoms with Crippen LogP contribution in [0.2, 0.25) is 0 Å². The molecule has 10 nitrogen and oxygen atoms in total. The van der Waals surface area contributed by atoms with Crippen LogP contribution in [0.3, 0.4) is 0 Å². The quantitative estimate of drug-likeness (QED) is 0.476. The second-order valence-corrected chi connectivity index (χ2v) is 11.4. The zero-order valence-corrected chi connectivity index (χ0v) is 20.4. The minimum absolute atomic E-state index is 0.0469. The number of hydrogen-bond donors (Lipinski definition) is 1. The number of benzene rings is 1. The van der Waals surface area contributed by atoms with Gasteiger partial charge in [0.1, 0.15) is 5.69 Å². The fourth-order valence-corrected chi connectivity index (χ4v) is 5.69. The fourth-order valence-electron chi connectivity index (χ4n) is 4.25. The molecule has 0 aliphatic carbocycles. The summed E-state index contributed by atoms with van der Waals surface area (Å²) < 4.78 is 33.2. The van der Waals surface area contributed by atoms with Crippen molar-refractivity contribution in [3.63, 3.8) is 0 Å². The molecule has 0 unspecified atom stereocenters. The van der Waals surface area contributed by atoms with Crippen molar-refractivity contribution in [3.05, 3.63) is 28.3 Å². The number of anilines is 1. The van der Waals surface area contributed by atoms with Crippen molar-refractivity contribution in [3.8, 4) is 0 Å². The first-order chi connectivity index (χ1) is 14.9. The lowest BCUT2D eigenvalue weighted by Crippen LogP contribution is -2.57. The molecule has 180 valence electrons. The summed E-state index contributed by atoms with van der Waals surface area (Å²) in [7, 11) is -1.84. The lowest BCUT2D eigenvalue weighted by atomic mass is 10.00. The molecule has 0 bridgehead atoms. The zero-order valence-electron chi connectivity index (χ0n) is 19.6. The summed E-state index contributed by atoms with van der Waals surface area (Å²) in [4.78, 5) is 15.5. The van der Waals surface area contributed by atoms with Crippen molar-refractivity contribution in [2.45, 2.75) is 50.3 Å². The monoisotopic (exact) mass is 469 g/mol. The molecule has 2 fully saturated rings. The first-order valence-corrected chi connectivity index (χ1v) is 12.5. The van der Waals surface area contributed by atoms with E-state index in [9.17, 15) is 18.5 Å². The fraction of sp³-hybridized carbons (Fsp3) is 0.714. The van der Waals surface area contributed by atoms with Gasteiger partial charge in [-0.05, 0) is 46.9 Å². The summed E-state index contributed by atoms with van der Waals surface area (Å²) in [5.74, 6) is 0. The molecule has 2 aliphatic heterocycles. The molecule has 2 aliphatic rings. The van der Waals surface area contributed by atoms with Crippen LogP contribution in [-0.4, -0.2) is 98.1 Å². The number of nitrogens with one attached hydrogen (secondary N) is 1. The Morgan fingerprint density at radius 1 is 1.16 bits per heavy atom. The summed E-state index contributed by atoms with van der Waals surface area (Å²) in [5.41, 5.74) is -0.195. The van der Waals surface area contributed by atoms with Crippen molar-refractivity contribution in [2.24, 2.45) is 0 Å². The zero-order chi connectivity index (χ0) is 23.7. The van der Waals surface area contributed by atoms with Crippen molar-refractivity contribution in [1.29, 1.82) is 0 Å². The summed E-state index contributed by atoms with van der Waals surface area (Å²) in [6.45, 7) is 12.3. The van der Waals surface area contributed by atoms with E-state index in [4.69, 9.17) is 4.74 Å². The van der Waals surface area contributed by atoms with Crippen molar-refractivity contribution in [2.75, 3.05) is 58.2 Å². The molecule has 1 N–H and O–H groups in total. The number of rotatable bonds is 7. The van der Waals surface area contributed by atoms with Crippen LogP contribution >= 0.6 is 0 Å². The highest BCUT2D eigenvalue weighted by molar-refractivity contribution is 7.89. The van der Waals surface area contributed by atoms with Crippen LogP contribution in [-0.2, 0) is 14.8 Å². The molecule has 32 heavy (non-hydrogen) atoms. The van der Waals surface area contributed by atoms with E-state index in [1.54, 1.807) is 0 Å². The van der Waals surface area contributed by atoms with Crippen molar-refractivity contribution in [1.82, 2.24) is 14.1 Å². The number of morpholine rings is 1. The first kappa shape index (κ1) is 24.8. The number of likely N-dealkylation sites (N-methyl/N-ethyl adjacent to an activating group) is 1. The Kier molecular flexibility index (Phi) is 7.45. The first-order valence-electron chi connectivity index (χ1n) is 11.0. The number of nitrogens with zero attached hydrogens (tertiary/aromatic N) is 4. The van der Waals surface area contributed by atoms with Crippen molar-refractivity contribution >= 4 is 21.4 Å². The Bertz CT molecular complexity index is 921. The van der Waals surface area contributed by atoms with Gasteiger partial charge in [-0.1, -0.05) is 0 Å². The molecular weight excluding hydrogens is 434 g/mol. The highest BCUT2D eigenvalue weighted by atomic mass is 32.2. The molecule has 3 rings (SSSR count). The van der Waals surface area contributed by atoms with Crippen LogP contribution in [0, 0.1) is 10.1 Å². The maximum atomic E-state index is 13.0. The van der Waals surface area contributed by atoms with Crippen LogP contribution in [0.5, 0.6) is 0 Å². The lowest BCUT2D eigenvalue weighted by Gasteiger charge is -2.45. The van der Waals surface area contributed by atoms with E-state index in [0.29, 0.717) is 38.4 Å². The molecule has 11 heteroatoms. The highest BCUT2D eigenvalue weighted by Gasteiger charge is 2.34. The van der Waals surface area contributed by atoms with E-state index in [2.05, 4.69) is 29.0 Å². The van der Waals surface area contributed by atoms with Gasteiger partial charge in [-0.3, -0.25) is 15.0 Å². The lowest BCUT2D eigenvalue weighted by molar-refractivity contribution is -0.384. The SMILES string of the molecule is C[C@@H]1CN(C(C)(C)CNc2ccc(S(=O)(=O)N3CCN(C)CC3)cc2[N+](=O)[O-])C[C@@H](C)O1. The standard InChI is InChI=1S/C21H35N5O5S/c1-16-13-24(14-17(2)31-16)21(3,4)15-22-19-7-6-18(12-20(19)26(27)28)32(29,30)25-10-8-23(5)9-11-25/h6-7,12,16-17,22H,8-11,13-15H2,1-5H3/t16-,17-/m1/s1. The molecule has 0 radical (unpaired) electrons. The topological polar surface area (TPSA) is 108 Å². The number of hydrogen-bond acceptors (Lipinski definition) is 8. The van der Waals surface area contributed by atoms with Gasteiger partial charge in [-0.25, -0.2) is 8.42 Å². The van der Waals surface area contributed by atoms with Crippen molar-refractivity contribution < 1.29 is 18.1 Å². The van der Waals surface area contributed by atoms with Crippen LogP contribution in [0.15, 0.2) is 23.1 Å². The van der Waals surface area contributed by atoms with E-state index in [-0.39, 0.29) is 28.3 Å². The van der Waals surface area contributed by atoms with Gasteiger partial charge < -0.3 is 15.0 Å². The molecule has 0 amide bonds. The maximum absolute atomic E-state index is 13.0. The number of ether oxygens (including phenoxy) is 1. The second kappa shape index (κ2) is 9.60. The van der Waals surface area contributed by atoms with Gasteiger partial charge in [0, 0.05) is 57.4 Å². The third-order valence-electron chi connectivity index (χ3n) is 6.25. The van der Waals surface area contributed by atoms with Gasteiger partial charge in [-0.15, -0.1) is 0 Å². The molecule has 1 aromatic carbocycles. The van der Waals surface area contributed by atoms with Gasteiger partial charge >= 0.3 is 0 Å². The van der Waals surface area contributed by atoms with Crippen LogP contribution in [0.25, 0.3) is 0 Å². The molecule has 0 aromatic heterocycles. The molecule has 2 atom stereocenters. The van der Waals surface area contributed by atoms with Gasteiger partial charge in [0.15, 0.2) is 0 Å². The Morgan fingerprint density at radius 2 is 1.75 bits per heavy atom. The largest absolute Gasteiger partial charge is 0.378 e. The third-order valence-corrected chi connectivity index (χ3v) is 8.15. The summed E-state index contributed by atoms with van der Waals surface area (Å²) in [6, 6.07) is 4.12. The smallest absolute Gasteiger partial charge is 0.293 e. The minimum Gasteiger partial charge on any atom is -0.378 e. The predicted octanol–water partition coefficient (Wildman–Crippen LogP) is 1.83. The normalized spacial score (nSPS) is 24.4. The van der Waals surface area contributed by atoms with Gasteiger partial charge in [0.05, 0.1) is 22.0 Å². The molecule has 0 saturated carbocycles. The summed E-state index contributed by atoms with van der Waals surface area (Å²) in [6.07, 6.45) is 0.234. The van der Waals surface area contributed by atoms with E-state index in [0.717, 1.165) is 13.1 Å². The average molecular weight is 470 g/mol.